The fourth-order valence-electron chi connectivity index (χ4n) is 2.40. The summed E-state index contributed by atoms with van der Waals surface area (Å²) in [6, 6.07) is 8.49. The summed E-state index contributed by atoms with van der Waals surface area (Å²) in [6.45, 7) is 0.722. The van der Waals surface area contributed by atoms with Gasteiger partial charge in [0.25, 0.3) is 10.2 Å². The number of methoxy groups -OCH3 is 1. The Labute approximate surface area is 125 Å². The molecule has 1 fully saturated rings. The second-order valence-corrected chi connectivity index (χ2v) is 6.65. The standard InChI is InChI=1S/C14H20N2O4S/c1-20-14(17)13(11-12-7-3-2-4-8-12)16-10-6-5-9-15-21(16,18)19/h2-4,7-8,13,15H,5-6,9-11H2,1H3/t13-/m0/s1. The number of esters is 1. The molecule has 1 atom stereocenters. The highest BCUT2D eigenvalue weighted by atomic mass is 32.2. The first kappa shape index (κ1) is 15.9. The zero-order valence-electron chi connectivity index (χ0n) is 12.0. The lowest BCUT2D eigenvalue weighted by Crippen LogP contribution is -2.50. The lowest BCUT2D eigenvalue weighted by atomic mass is 10.1. The molecule has 1 aliphatic rings. The first-order valence-corrected chi connectivity index (χ1v) is 8.37. The van der Waals surface area contributed by atoms with Crippen molar-refractivity contribution in [2.75, 3.05) is 20.2 Å². The van der Waals surface area contributed by atoms with Crippen LogP contribution in [0.25, 0.3) is 0 Å². The van der Waals surface area contributed by atoms with Crippen molar-refractivity contribution in [1.82, 2.24) is 9.03 Å². The van der Waals surface area contributed by atoms with Crippen LogP contribution in [0, 0.1) is 0 Å². The summed E-state index contributed by atoms with van der Waals surface area (Å²) in [4.78, 5) is 12.1. The average Bonchev–Trinajstić information content (AvgIpc) is 2.66. The molecule has 0 aliphatic carbocycles. The number of ether oxygens (including phenoxy) is 1. The molecule has 6 nitrogen and oxygen atoms in total. The largest absolute Gasteiger partial charge is 0.468 e. The molecule has 0 radical (unpaired) electrons. The molecule has 0 unspecified atom stereocenters. The van der Waals surface area contributed by atoms with E-state index < -0.39 is 22.2 Å². The normalized spacial score (nSPS) is 20.4. The molecule has 0 amide bonds. The van der Waals surface area contributed by atoms with Crippen molar-refractivity contribution in [2.24, 2.45) is 0 Å². The summed E-state index contributed by atoms with van der Waals surface area (Å²) in [5.41, 5.74) is 0.896. The highest BCUT2D eigenvalue weighted by Gasteiger charge is 2.36. The van der Waals surface area contributed by atoms with E-state index in [9.17, 15) is 13.2 Å². The number of benzene rings is 1. The zero-order chi connectivity index (χ0) is 15.3. The van der Waals surface area contributed by atoms with E-state index in [1.165, 1.54) is 11.4 Å². The van der Waals surface area contributed by atoms with Crippen LogP contribution in [0.15, 0.2) is 30.3 Å². The molecule has 0 aromatic heterocycles. The van der Waals surface area contributed by atoms with E-state index in [2.05, 4.69) is 4.72 Å². The van der Waals surface area contributed by atoms with E-state index in [4.69, 9.17) is 4.74 Å². The van der Waals surface area contributed by atoms with Crippen molar-refractivity contribution in [3.8, 4) is 0 Å². The molecule has 1 saturated heterocycles. The molecular weight excluding hydrogens is 292 g/mol. The smallest absolute Gasteiger partial charge is 0.324 e. The number of hydrogen-bond acceptors (Lipinski definition) is 4. The molecule has 0 bridgehead atoms. The van der Waals surface area contributed by atoms with Crippen LogP contribution in [0.4, 0.5) is 0 Å². The first-order chi connectivity index (χ1) is 10.0. The summed E-state index contributed by atoms with van der Waals surface area (Å²) >= 11 is 0. The summed E-state index contributed by atoms with van der Waals surface area (Å²) in [7, 11) is -2.38. The van der Waals surface area contributed by atoms with E-state index in [1.807, 2.05) is 30.3 Å². The van der Waals surface area contributed by atoms with E-state index >= 15 is 0 Å². The Balaban J connectivity index is 2.28. The Hall–Kier alpha value is -1.44. The zero-order valence-corrected chi connectivity index (χ0v) is 12.8. The second-order valence-electron chi connectivity index (χ2n) is 4.95. The molecule has 1 aromatic rings. The predicted octanol–water partition coefficient (Wildman–Crippen LogP) is 0.701. The highest BCUT2D eigenvalue weighted by molar-refractivity contribution is 7.87. The van der Waals surface area contributed by atoms with Gasteiger partial charge in [0.05, 0.1) is 7.11 Å². The molecule has 0 saturated carbocycles. The molecular formula is C14H20N2O4S. The van der Waals surface area contributed by atoms with Gasteiger partial charge in [0, 0.05) is 13.1 Å². The van der Waals surface area contributed by atoms with E-state index in [0.717, 1.165) is 12.0 Å². The Morgan fingerprint density at radius 3 is 2.71 bits per heavy atom. The minimum atomic E-state index is -3.65. The maximum Gasteiger partial charge on any atom is 0.324 e. The Morgan fingerprint density at radius 2 is 2.05 bits per heavy atom. The van der Waals surface area contributed by atoms with Crippen LogP contribution in [-0.2, 0) is 26.2 Å². The minimum Gasteiger partial charge on any atom is -0.468 e. The summed E-state index contributed by atoms with van der Waals surface area (Å²) in [5, 5.41) is 0. The third-order valence-electron chi connectivity index (χ3n) is 3.49. The van der Waals surface area contributed by atoms with Gasteiger partial charge in [-0.15, -0.1) is 0 Å². The first-order valence-electron chi connectivity index (χ1n) is 6.93. The Morgan fingerprint density at radius 1 is 1.33 bits per heavy atom. The third kappa shape index (κ3) is 4.03. The van der Waals surface area contributed by atoms with Crippen LogP contribution >= 0.6 is 0 Å². The van der Waals surface area contributed by atoms with Gasteiger partial charge in [-0.05, 0) is 24.8 Å². The quantitative estimate of drug-likeness (QED) is 0.831. The van der Waals surface area contributed by atoms with Gasteiger partial charge in [-0.25, -0.2) is 4.72 Å². The van der Waals surface area contributed by atoms with Crippen molar-refractivity contribution in [3.05, 3.63) is 35.9 Å². The fraction of sp³-hybridized carbons (Fsp3) is 0.500. The van der Waals surface area contributed by atoms with Crippen LogP contribution in [0.1, 0.15) is 18.4 Å². The van der Waals surface area contributed by atoms with Gasteiger partial charge >= 0.3 is 5.97 Å². The van der Waals surface area contributed by atoms with Crippen molar-refractivity contribution in [3.63, 3.8) is 0 Å². The molecule has 1 N–H and O–H groups in total. The van der Waals surface area contributed by atoms with Gasteiger partial charge in [0.2, 0.25) is 0 Å². The molecule has 1 heterocycles. The molecule has 116 valence electrons. The SMILES string of the molecule is COC(=O)[C@H](Cc1ccccc1)N1CCCCNS1(=O)=O. The van der Waals surface area contributed by atoms with Gasteiger partial charge in [-0.3, -0.25) is 4.79 Å². The number of hydrogen-bond donors (Lipinski definition) is 1. The summed E-state index contributed by atoms with van der Waals surface area (Å²) in [6.07, 6.45) is 1.78. The maximum absolute atomic E-state index is 12.3. The number of rotatable bonds is 4. The molecule has 7 heteroatoms. The van der Waals surface area contributed by atoms with E-state index in [-0.39, 0.29) is 0 Å². The lowest BCUT2D eigenvalue weighted by molar-refractivity contribution is -0.145. The molecule has 0 spiro atoms. The third-order valence-corrected chi connectivity index (χ3v) is 5.11. The Kier molecular flexibility index (Phi) is 5.33. The van der Waals surface area contributed by atoms with Crippen LogP contribution < -0.4 is 4.72 Å². The average molecular weight is 312 g/mol. The van der Waals surface area contributed by atoms with Gasteiger partial charge in [-0.1, -0.05) is 30.3 Å². The second kappa shape index (κ2) is 7.02. The van der Waals surface area contributed by atoms with Crippen molar-refractivity contribution in [2.45, 2.75) is 25.3 Å². The van der Waals surface area contributed by atoms with Gasteiger partial charge in [-0.2, -0.15) is 12.7 Å². The molecule has 1 aliphatic heterocycles. The van der Waals surface area contributed by atoms with Crippen LogP contribution in [-0.4, -0.2) is 44.9 Å². The minimum absolute atomic E-state index is 0.300. The maximum atomic E-state index is 12.3. The Bertz CT molecular complexity index is 574. The lowest BCUT2D eigenvalue weighted by Gasteiger charge is -2.27. The van der Waals surface area contributed by atoms with Gasteiger partial charge in [0.15, 0.2) is 0 Å². The highest BCUT2D eigenvalue weighted by Crippen LogP contribution is 2.17. The number of carbonyl (C=O) groups excluding carboxylic acids is 1. The number of nitrogens with zero attached hydrogens (tertiary/aromatic N) is 1. The van der Waals surface area contributed by atoms with E-state index in [0.29, 0.717) is 25.9 Å². The number of nitrogens with one attached hydrogen (secondary N) is 1. The summed E-state index contributed by atoms with van der Waals surface area (Å²) < 4.78 is 33.0. The van der Waals surface area contributed by atoms with E-state index in [1.54, 1.807) is 0 Å². The van der Waals surface area contributed by atoms with Gasteiger partial charge < -0.3 is 4.74 Å². The van der Waals surface area contributed by atoms with Crippen LogP contribution in [0.3, 0.4) is 0 Å². The van der Waals surface area contributed by atoms with Crippen molar-refractivity contribution < 1.29 is 17.9 Å². The molecule has 2 rings (SSSR count). The van der Waals surface area contributed by atoms with Gasteiger partial charge in [0.1, 0.15) is 6.04 Å². The van der Waals surface area contributed by atoms with Crippen molar-refractivity contribution >= 4 is 16.2 Å². The van der Waals surface area contributed by atoms with Crippen LogP contribution in [0.5, 0.6) is 0 Å². The van der Waals surface area contributed by atoms with Crippen molar-refractivity contribution in [1.29, 1.82) is 0 Å². The fourth-order valence-corrected chi connectivity index (χ4v) is 3.83. The van der Waals surface area contributed by atoms with Crippen LogP contribution in [0.2, 0.25) is 0 Å². The number of carbonyl (C=O) groups is 1. The topological polar surface area (TPSA) is 75.7 Å². The molecule has 1 aromatic carbocycles. The monoisotopic (exact) mass is 312 g/mol. The predicted molar refractivity (Wildman–Crippen MR) is 78.8 cm³/mol. The summed E-state index contributed by atoms with van der Waals surface area (Å²) in [5.74, 6) is -0.536. The molecule has 21 heavy (non-hydrogen) atoms.